The third-order valence-electron chi connectivity index (χ3n) is 13.6. The molecule has 4 N–H and O–H groups in total. The average molecular weight is 766 g/mol. The molecule has 1 saturated heterocycles. The summed E-state index contributed by atoms with van der Waals surface area (Å²) in [6.07, 6.45) is -6.21. The molecule has 0 aromatic heterocycles. The summed E-state index contributed by atoms with van der Waals surface area (Å²) in [6.45, 7) is 10.5. The van der Waals surface area contributed by atoms with Crippen LogP contribution in [0.1, 0.15) is 87.8 Å². The highest BCUT2D eigenvalue weighted by atomic mass is 16.6. The number of hydrogen-bond acceptors (Lipinski definition) is 10. The molecule has 4 aliphatic rings. The SMILES string of the molecule is CC(=O)O[C@H]1C(=O)[C@@]2(C)C([C@H](c3ccccc3)[C@]3(O)C[C@H](OC(=O)[C@H](O)[C@@H](NC(=O)c4ccccc4)c4ccccc4)C(C)=C1C3(C)C)[C@]1(C)CO[C@@H]1C[C@@H]2O. The van der Waals surface area contributed by atoms with Gasteiger partial charge in [-0.2, -0.15) is 0 Å². The molecule has 11 atom stereocenters. The van der Waals surface area contributed by atoms with Gasteiger partial charge in [-0.15, -0.1) is 0 Å². The lowest BCUT2D eigenvalue weighted by molar-refractivity contribution is -0.294. The Morgan fingerprint density at radius 2 is 1.48 bits per heavy atom. The van der Waals surface area contributed by atoms with Crippen molar-refractivity contribution < 1.29 is 48.7 Å². The summed E-state index contributed by atoms with van der Waals surface area (Å²) in [5.41, 5.74) is -3.13. The van der Waals surface area contributed by atoms with E-state index < -0.39 is 93.9 Å². The Hall–Kier alpha value is -4.68. The second-order valence-corrected chi connectivity index (χ2v) is 17.0. The Bertz CT molecular complexity index is 2030. The minimum Gasteiger partial charge on any atom is -0.456 e. The molecule has 11 nitrogen and oxygen atoms in total. The van der Waals surface area contributed by atoms with Crippen molar-refractivity contribution in [3.05, 3.63) is 119 Å². The van der Waals surface area contributed by atoms with Gasteiger partial charge in [0, 0.05) is 42.1 Å². The van der Waals surface area contributed by atoms with Crippen LogP contribution in [0.4, 0.5) is 0 Å². The predicted molar refractivity (Wildman–Crippen MR) is 205 cm³/mol. The molecule has 296 valence electrons. The lowest BCUT2D eigenvalue weighted by Gasteiger charge is -2.69. The summed E-state index contributed by atoms with van der Waals surface area (Å²) in [6, 6.07) is 25.1. The molecule has 1 heterocycles. The topological polar surface area (TPSA) is 169 Å². The number of nitrogens with one attached hydrogen (secondary N) is 1. The normalized spacial score (nSPS) is 34.3. The number of aliphatic hydroxyl groups is 3. The molecular formula is C45H51NO10. The van der Waals surface area contributed by atoms with Crippen molar-refractivity contribution in [2.75, 3.05) is 6.61 Å². The third-order valence-corrected chi connectivity index (χ3v) is 13.6. The molecule has 2 saturated carbocycles. The lowest BCUT2D eigenvalue weighted by atomic mass is 9.39. The number of carbonyl (C=O) groups excluding carboxylic acids is 4. The van der Waals surface area contributed by atoms with Crippen LogP contribution in [0.15, 0.2) is 102 Å². The van der Waals surface area contributed by atoms with Crippen LogP contribution in [-0.4, -0.2) is 81.7 Å². The van der Waals surface area contributed by atoms with Crippen molar-refractivity contribution in [1.82, 2.24) is 5.32 Å². The molecule has 1 unspecified atom stereocenters. The number of Topliss-reactive ketones (excluding diaryl/α,β-unsaturated/α-hetero) is 1. The van der Waals surface area contributed by atoms with E-state index in [1.54, 1.807) is 74.5 Å². The van der Waals surface area contributed by atoms with E-state index in [1.807, 2.05) is 51.1 Å². The molecule has 3 aromatic carbocycles. The molecule has 1 aliphatic heterocycles. The fourth-order valence-corrected chi connectivity index (χ4v) is 10.5. The van der Waals surface area contributed by atoms with Gasteiger partial charge in [0.05, 0.1) is 35.9 Å². The maximum atomic E-state index is 15.4. The van der Waals surface area contributed by atoms with Crippen molar-refractivity contribution in [3.63, 3.8) is 0 Å². The third kappa shape index (κ3) is 6.11. The van der Waals surface area contributed by atoms with Crippen LogP contribution in [0, 0.1) is 22.2 Å². The first-order valence-corrected chi connectivity index (χ1v) is 19.3. The molecule has 0 radical (unpaired) electrons. The highest BCUT2D eigenvalue weighted by molar-refractivity contribution is 5.96. The van der Waals surface area contributed by atoms with E-state index >= 15 is 4.79 Å². The number of aliphatic hydroxyl groups excluding tert-OH is 2. The minimum atomic E-state index is -1.89. The van der Waals surface area contributed by atoms with Crippen molar-refractivity contribution >= 4 is 23.6 Å². The molecule has 0 spiro atoms. The van der Waals surface area contributed by atoms with Crippen LogP contribution >= 0.6 is 0 Å². The van der Waals surface area contributed by atoms with Crippen LogP contribution in [0.3, 0.4) is 0 Å². The summed E-state index contributed by atoms with van der Waals surface area (Å²) < 4.78 is 18.2. The van der Waals surface area contributed by atoms with E-state index in [1.165, 1.54) is 6.92 Å². The van der Waals surface area contributed by atoms with E-state index in [0.29, 0.717) is 16.7 Å². The van der Waals surface area contributed by atoms with Gasteiger partial charge in [0.1, 0.15) is 6.10 Å². The highest BCUT2D eigenvalue weighted by Gasteiger charge is 2.74. The predicted octanol–water partition coefficient (Wildman–Crippen LogP) is 5.00. The molecule has 3 aromatic rings. The molecule has 2 bridgehead atoms. The van der Waals surface area contributed by atoms with Gasteiger partial charge in [0.15, 0.2) is 18.0 Å². The van der Waals surface area contributed by atoms with Gasteiger partial charge in [0.2, 0.25) is 0 Å². The lowest BCUT2D eigenvalue weighted by Crippen LogP contribution is -2.75. The van der Waals surface area contributed by atoms with Crippen LogP contribution in [0.25, 0.3) is 0 Å². The fraction of sp³-hybridized carbons (Fsp3) is 0.467. The summed E-state index contributed by atoms with van der Waals surface area (Å²) >= 11 is 0. The smallest absolute Gasteiger partial charge is 0.338 e. The zero-order valence-corrected chi connectivity index (χ0v) is 32.6. The van der Waals surface area contributed by atoms with Crippen LogP contribution in [0.5, 0.6) is 0 Å². The zero-order valence-electron chi connectivity index (χ0n) is 32.6. The maximum Gasteiger partial charge on any atom is 0.338 e. The Kier molecular flexibility index (Phi) is 10.1. The molecule has 3 fully saturated rings. The van der Waals surface area contributed by atoms with Gasteiger partial charge >= 0.3 is 11.9 Å². The summed E-state index contributed by atoms with van der Waals surface area (Å²) in [5, 5.41) is 40.3. The number of ketones is 1. The highest BCUT2D eigenvalue weighted by Crippen LogP contribution is 2.69. The standard InChI is InChI=1S/C45H51NO10/c1-25-30(56-41(52)36(49)35(28-18-12-8-13-19-28)46-40(51)29-20-14-9-15-21-29)23-45(53)34(27-16-10-7-11-17-27)38-43(5)24-54-32(43)22-31(48)44(38,6)39(50)37(55-26(2)47)33(25)42(45,3)4/h7-21,30-32,34-38,48-49,53H,22-24H2,1-6H3,(H,46,51)/t30-,31-,32+,34-,35-,36+,37+,38?,43+,44+,45+/m0/s1. The first-order valence-electron chi connectivity index (χ1n) is 19.3. The Balaban J connectivity index is 1.36. The van der Waals surface area contributed by atoms with Crippen molar-refractivity contribution in [1.29, 1.82) is 0 Å². The van der Waals surface area contributed by atoms with Gasteiger partial charge in [-0.05, 0) is 54.2 Å². The Morgan fingerprint density at radius 3 is 2.05 bits per heavy atom. The Labute approximate surface area is 327 Å². The van der Waals surface area contributed by atoms with Crippen LogP contribution in [-0.2, 0) is 28.6 Å². The van der Waals surface area contributed by atoms with E-state index in [-0.39, 0.29) is 25.0 Å². The largest absolute Gasteiger partial charge is 0.456 e. The van der Waals surface area contributed by atoms with Crippen molar-refractivity contribution in [2.45, 2.75) is 102 Å². The van der Waals surface area contributed by atoms with Gasteiger partial charge in [-0.25, -0.2) is 4.79 Å². The van der Waals surface area contributed by atoms with Gasteiger partial charge in [-0.1, -0.05) is 99.6 Å². The Morgan fingerprint density at radius 1 is 0.893 bits per heavy atom. The molecule has 56 heavy (non-hydrogen) atoms. The van der Waals surface area contributed by atoms with E-state index in [0.717, 1.165) is 5.56 Å². The molecule has 7 rings (SSSR count). The second-order valence-electron chi connectivity index (χ2n) is 17.0. The number of fused-ring (bicyclic) bond motifs is 5. The molecular weight excluding hydrogens is 714 g/mol. The second kappa shape index (κ2) is 14.4. The molecule has 11 heteroatoms. The monoisotopic (exact) mass is 765 g/mol. The minimum absolute atomic E-state index is 0.162. The van der Waals surface area contributed by atoms with E-state index in [2.05, 4.69) is 5.32 Å². The molecule has 3 aliphatic carbocycles. The van der Waals surface area contributed by atoms with Gasteiger partial charge in [0.25, 0.3) is 5.91 Å². The van der Waals surface area contributed by atoms with Crippen molar-refractivity contribution in [2.24, 2.45) is 22.2 Å². The maximum absolute atomic E-state index is 15.4. The average Bonchev–Trinajstić information content (AvgIpc) is 3.18. The summed E-state index contributed by atoms with van der Waals surface area (Å²) in [7, 11) is 0. The number of benzene rings is 3. The fourth-order valence-electron chi connectivity index (χ4n) is 10.5. The van der Waals surface area contributed by atoms with Gasteiger partial charge in [-0.3, -0.25) is 14.4 Å². The van der Waals surface area contributed by atoms with Crippen molar-refractivity contribution in [3.8, 4) is 0 Å². The number of hydrogen-bond donors (Lipinski definition) is 4. The summed E-state index contributed by atoms with van der Waals surface area (Å²) in [5.74, 6) is -4.39. The summed E-state index contributed by atoms with van der Waals surface area (Å²) in [4.78, 5) is 55.9. The first kappa shape index (κ1) is 39.6. The molecule has 1 amide bonds. The number of esters is 2. The quantitative estimate of drug-likeness (QED) is 0.181. The van der Waals surface area contributed by atoms with Gasteiger partial charge < -0.3 is 34.8 Å². The zero-order chi connectivity index (χ0) is 40.4. The van der Waals surface area contributed by atoms with E-state index in [4.69, 9.17) is 14.2 Å². The first-order chi connectivity index (χ1) is 26.5. The van der Waals surface area contributed by atoms with E-state index in [9.17, 15) is 29.7 Å². The van der Waals surface area contributed by atoms with Crippen LogP contribution < -0.4 is 5.32 Å². The number of ether oxygens (including phenoxy) is 3. The van der Waals surface area contributed by atoms with Crippen LogP contribution in [0.2, 0.25) is 0 Å². The number of rotatable bonds is 8. The number of carbonyl (C=O) groups is 4. The number of amides is 1.